The average molecular weight is 194 g/mol. The van der Waals surface area contributed by atoms with Crippen LogP contribution in [0.15, 0.2) is 0 Å². The predicted molar refractivity (Wildman–Crippen MR) is 56.1 cm³/mol. The van der Waals surface area contributed by atoms with Gasteiger partial charge >= 0.3 is 0 Å². The largest absolute Gasteiger partial charge is 0.252 e. The Morgan fingerprint density at radius 1 is 1.40 bits per heavy atom. The number of hydrogen-bond acceptors (Lipinski definition) is 3. The summed E-state index contributed by atoms with van der Waals surface area (Å²) in [7, 11) is 0. The minimum atomic E-state index is 0.707. The molecule has 0 rings (SSSR count). The Morgan fingerprint density at radius 3 is 2.00 bits per heavy atom. The lowest BCUT2D eigenvalue weighted by Gasteiger charge is -2.17. The summed E-state index contributed by atoms with van der Waals surface area (Å²) < 4.78 is 1.98. The highest BCUT2D eigenvalue weighted by molar-refractivity contribution is 8.13. The zero-order valence-electron chi connectivity index (χ0n) is 6.29. The van der Waals surface area contributed by atoms with Crippen LogP contribution in [-0.4, -0.2) is 20.2 Å². The lowest BCUT2D eigenvalue weighted by Crippen LogP contribution is -2.11. The molecule has 0 saturated heterocycles. The van der Waals surface area contributed by atoms with Crippen molar-refractivity contribution in [1.82, 2.24) is 3.71 Å². The molecule has 0 aromatic carbocycles. The highest BCUT2D eigenvalue weighted by Crippen LogP contribution is 2.21. The van der Waals surface area contributed by atoms with Crippen molar-refractivity contribution in [2.45, 2.75) is 13.8 Å². The summed E-state index contributed by atoms with van der Waals surface area (Å²) in [5.41, 5.74) is 0. The van der Waals surface area contributed by atoms with Crippen LogP contribution in [0.5, 0.6) is 0 Å². The SMILES string of the molecule is [CH2]C(=S)N(SCC)SCC. The van der Waals surface area contributed by atoms with Crippen LogP contribution in [0.2, 0.25) is 0 Å². The van der Waals surface area contributed by atoms with E-state index in [1.165, 1.54) is 0 Å². The van der Waals surface area contributed by atoms with Gasteiger partial charge in [-0.1, -0.05) is 26.1 Å². The van der Waals surface area contributed by atoms with Gasteiger partial charge in [0.15, 0.2) is 0 Å². The van der Waals surface area contributed by atoms with Crippen molar-refractivity contribution in [3.63, 3.8) is 0 Å². The van der Waals surface area contributed by atoms with E-state index in [0.717, 1.165) is 11.5 Å². The van der Waals surface area contributed by atoms with E-state index in [2.05, 4.69) is 20.8 Å². The molecule has 0 heterocycles. The molecule has 10 heavy (non-hydrogen) atoms. The van der Waals surface area contributed by atoms with Crippen LogP contribution >= 0.6 is 36.1 Å². The van der Waals surface area contributed by atoms with Crippen LogP contribution in [0.4, 0.5) is 0 Å². The summed E-state index contributed by atoms with van der Waals surface area (Å²) in [5.74, 6) is 2.09. The van der Waals surface area contributed by atoms with Crippen molar-refractivity contribution in [3.8, 4) is 0 Å². The average Bonchev–Trinajstić information content (AvgIpc) is 1.87. The maximum atomic E-state index is 4.92. The molecule has 0 aliphatic carbocycles. The molecular weight excluding hydrogens is 182 g/mol. The summed E-state index contributed by atoms with van der Waals surface area (Å²) in [6, 6.07) is 0. The molecule has 1 radical (unpaired) electrons. The van der Waals surface area contributed by atoms with Crippen LogP contribution in [0.25, 0.3) is 0 Å². The number of nitrogens with zero attached hydrogens (tertiary/aromatic N) is 1. The van der Waals surface area contributed by atoms with Gasteiger partial charge in [0, 0.05) is 18.4 Å². The fourth-order valence-electron chi connectivity index (χ4n) is 0.416. The second-order valence-electron chi connectivity index (χ2n) is 1.49. The van der Waals surface area contributed by atoms with Crippen LogP contribution in [-0.2, 0) is 0 Å². The molecule has 0 fully saturated rings. The van der Waals surface area contributed by atoms with E-state index in [9.17, 15) is 0 Å². The fourth-order valence-corrected chi connectivity index (χ4v) is 2.42. The molecule has 0 aliphatic heterocycles. The Balaban J connectivity index is 3.61. The van der Waals surface area contributed by atoms with E-state index in [-0.39, 0.29) is 0 Å². The van der Waals surface area contributed by atoms with E-state index < -0.39 is 0 Å². The summed E-state index contributed by atoms with van der Waals surface area (Å²) >= 11 is 8.32. The van der Waals surface area contributed by atoms with Crippen LogP contribution < -0.4 is 0 Å². The molecule has 0 aliphatic rings. The Hall–Kier alpha value is 0.590. The van der Waals surface area contributed by atoms with Crippen molar-refractivity contribution in [1.29, 1.82) is 0 Å². The molecule has 0 aromatic rings. The Labute approximate surface area is 77.2 Å². The monoisotopic (exact) mass is 194 g/mol. The molecule has 0 saturated carbocycles. The molecule has 0 N–H and O–H groups in total. The molecule has 59 valence electrons. The van der Waals surface area contributed by atoms with E-state index in [1.807, 2.05) is 3.71 Å². The second-order valence-corrected chi connectivity index (χ2v) is 4.59. The Kier molecular flexibility index (Phi) is 6.68. The van der Waals surface area contributed by atoms with E-state index in [0.29, 0.717) is 4.99 Å². The van der Waals surface area contributed by atoms with Crippen LogP contribution in [0, 0.1) is 6.92 Å². The summed E-state index contributed by atoms with van der Waals surface area (Å²) in [6.45, 7) is 7.90. The van der Waals surface area contributed by atoms with E-state index in [1.54, 1.807) is 23.9 Å². The lowest BCUT2D eigenvalue weighted by molar-refractivity contribution is 1.16. The van der Waals surface area contributed by atoms with Gasteiger partial charge in [-0.15, -0.1) is 0 Å². The first-order valence-corrected chi connectivity index (χ1v) is 5.43. The predicted octanol–water partition coefficient (Wildman–Crippen LogP) is 2.79. The zero-order chi connectivity index (χ0) is 7.98. The van der Waals surface area contributed by atoms with Crippen LogP contribution in [0.3, 0.4) is 0 Å². The van der Waals surface area contributed by atoms with Gasteiger partial charge in [0.25, 0.3) is 0 Å². The first kappa shape index (κ1) is 10.6. The number of rotatable bonds is 4. The topological polar surface area (TPSA) is 3.24 Å². The molecule has 0 bridgehead atoms. The van der Waals surface area contributed by atoms with Gasteiger partial charge in [0.2, 0.25) is 0 Å². The number of hydrogen-bond donors (Lipinski definition) is 0. The highest BCUT2D eigenvalue weighted by atomic mass is 32.2. The van der Waals surface area contributed by atoms with Gasteiger partial charge in [-0.25, -0.2) is 0 Å². The van der Waals surface area contributed by atoms with Gasteiger partial charge in [0.05, 0.1) is 4.99 Å². The summed E-state index contributed by atoms with van der Waals surface area (Å²) in [6.07, 6.45) is 0. The molecule has 0 unspecified atom stereocenters. The van der Waals surface area contributed by atoms with Crippen molar-refractivity contribution >= 4 is 41.1 Å². The Morgan fingerprint density at radius 2 is 1.80 bits per heavy atom. The maximum Gasteiger partial charge on any atom is 0.0998 e. The highest BCUT2D eigenvalue weighted by Gasteiger charge is 2.02. The van der Waals surface area contributed by atoms with Crippen LogP contribution in [0.1, 0.15) is 13.8 Å². The van der Waals surface area contributed by atoms with Crippen molar-refractivity contribution in [2.24, 2.45) is 0 Å². The first-order chi connectivity index (χ1) is 4.72. The molecule has 0 amide bonds. The van der Waals surface area contributed by atoms with Crippen molar-refractivity contribution in [2.75, 3.05) is 11.5 Å². The normalized spacial score (nSPS) is 9.50. The third-order valence-corrected chi connectivity index (χ3v) is 3.17. The third-order valence-electron chi connectivity index (χ3n) is 0.696. The smallest absolute Gasteiger partial charge is 0.0998 e. The van der Waals surface area contributed by atoms with Gasteiger partial charge in [-0.05, 0) is 23.9 Å². The minimum Gasteiger partial charge on any atom is -0.252 e. The summed E-state index contributed by atoms with van der Waals surface area (Å²) in [4.78, 5) is 0.707. The first-order valence-electron chi connectivity index (χ1n) is 3.14. The van der Waals surface area contributed by atoms with Crippen molar-refractivity contribution < 1.29 is 0 Å². The standard InChI is InChI=1S/C6H12NS3/c1-4-9-7(6(3)8)10-5-2/h3-5H2,1-2H3. The van der Waals surface area contributed by atoms with Gasteiger partial charge in [0.1, 0.15) is 0 Å². The maximum absolute atomic E-state index is 4.92. The van der Waals surface area contributed by atoms with Gasteiger partial charge in [-0.3, -0.25) is 3.71 Å². The Bertz CT molecular complexity index is 99.2. The molecule has 0 aromatic heterocycles. The number of thiocarbonyl (C=S) groups is 1. The molecule has 0 spiro atoms. The third kappa shape index (κ3) is 4.41. The molecular formula is C6H12NS3. The molecule has 4 heteroatoms. The quantitative estimate of drug-likeness (QED) is 0.500. The lowest BCUT2D eigenvalue weighted by atomic mass is 10.8. The van der Waals surface area contributed by atoms with E-state index >= 15 is 0 Å². The van der Waals surface area contributed by atoms with Crippen molar-refractivity contribution in [3.05, 3.63) is 6.92 Å². The fraction of sp³-hybridized carbons (Fsp3) is 0.667. The molecule has 1 nitrogen and oxygen atoms in total. The van der Waals surface area contributed by atoms with E-state index in [4.69, 9.17) is 12.2 Å². The van der Waals surface area contributed by atoms with Gasteiger partial charge < -0.3 is 0 Å². The minimum absolute atomic E-state index is 0.707. The summed E-state index contributed by atoms with van der Waals surface area (Å²) in [5, 5.41) is 0. The molecule has 0 atom stereocenters. The second kappa shape index (κ2) is 6.31. The van der Waals surface area contributed by atoms with Gasteiger partial charge in [-0.2, -0.15) is 0 Å². The zero-order valence-corrected chi connectivity index (χ0v) is 8.74.